The van der Waals surface area contributed by atoms with E-state index in [1.165, 1.54) is 64.2 Å². The summed E-state index contributed by atoms with van der Waals surface area (Å²) in [5.74, 6) is 0.311. The van der Waals surface area contributed by atoms with Gasteiger partial charge in [-0.1, -0.05) is 90.9 Å². The lowest BCUT2D eigenvalue weighted by Crippen LogP contribution is -2.59. The Morgan fingerprint density at radius 1 is 0.774 bits per heavy atom. The van der Waals surface area contributed by atoms with E-state index in [-0.39, 0.29) is 6.42 Å². The molecule has 0 amide bonds. The van der Waals surface area contributed by atoms with Crippen molar-refractivity contribution in [3.8, 4) is 0 Å². The molecule has 1 heterocycles. The topological polar surface area (TPSA) is 116 Å². The minimum absolute atomic E-state index is 0.214. The number of carbonyl (C=O) groups is 1. The fourth-order valence-electron chi connectivity index (χ4n) is 3.94. The molecule has 4 N–H and O–H groups in total. The minimum Gasteiger partial charge on any atom is -0.433 e. The highest BCUT2D eigenvalue weighted by Gasteiger charge is 2.45. The zero-order valence-electron chi connectivity index (χ0n) is 19.6. The molecule has 0 saturated carbocycles. The second-order valence-corrected chi connectivity index (χ2v) is 9.36. The Morgan fingerprint density at radius 3 is 1.74 bits per heavy atom. The molecule has 1 aliphatic heterocycles. The molecule has 0 aromatic carbocycles. The van der Waals surface area contributed by atoms with E-state index < -0.39 is 43.3 Å². The van der Waals surface area contributed by atoms with Gasteiger partial charge in [0, 0.05) is 6.42 Å². The second-order valence-electron chi connectivity index (χ2n) is 9.36. The lowest BCUT2D eigenvalue weighted by Gasteiger charge is -2.39. The minimum atomic E-state index is -1.54. The van der Waals surface area contributed by atoms with Crippen LogP contribution in [0.2, 0.25) is 0 Å². The maximum atomic E-state index is 12.0. The van der Waals surface area contributed by atoms with E-state index >= 15 is 0 Å². The molecule has 1 aliphatic rings. The fraction of sp³-hybridized carbons (Fsp3) is 0.958. The Hall–Kier alpha value is -0.730. The Labute approximate surface area is 188 Å². The number of hydrogen-bond donors (Lipinski definition) is 4. The Morgan fingerprint density at radius 2 is 1.26 bits per heavy atom. The summed E-state index contributed by atoms with van der Waals surface area (Å²) in [6, 6.07) is 0. The quantitative estimate of drug-likeness (QED) is 0.200. The van der Waals surface area contributed by atoms with Crippen molar-refractivity contribution in [2.75, 3.05) is 6.61 Å². The molecule has 1 unspecified atom stereocenters. The summed E-state index contributed by atoms with van der Waals surface area (Å²) in [5, 5.41) is 38.5. The maximum Gasteiger partial charge on any atom is 0.308 e. The molecule has 0 aliphatic carbocycles. The highest BCUT2D eigenvalue weighted by molar-refractivity contribution is 5.69. The lowest BCUT2D eigenvalue weighted by molar-refractivity contribution is -0.292. The lowest BCUT2D eigenvalue weighted by atomic mass is 9.99. The third-order valence-electron chi connectivity index (χ3n) is 6.01. The first kappa shape index (κ1) is 28.3. The van der Waals surface area contributed by atoms with Gasteiger partial charge in [0.2, 0.25) is 6.29 Å². The van der Waals surface area contributed by atoms with Crippen molar-refractivity contribution in [2.24, 2.45) is 5.92 Å². The van der Waals surface area contributed by atoms with Gasteiger partial charge in [-0.25, -0.2) is 0 Å². The molecule has 0 aromatic heterocycles. The molecule has 0 radical (unpaired) electrons. The van der Waals surface area contributed by atoms with Crippen molar-refractivity contribution in [1.82, 2.24) is 0 Å². The Bertz CT molecular complexity index is 455. The molecule has 5 atom stereocenters. The highest BCUT2D eigenvalue weighted by atomic mass is 16.7. The van der Waals surface area contributed by atoms with Crippen LogP contribution in [-0.4, -0.2) is 63.7 Å². The van der Waals surface area contributed by atoms with E-state index in [9.17, 15) is 20.1 Å². The van der Waals surface area contributed by atoms with Crippen LogP contribution in [0.15, 0.2) is 0 Å². The summed E-state index contributed by atoms with van der Waals surface area (Å²) in [7, 11) is 0. The van der Waals surface area contributed by atoms with Gasteiger partial charge in [0.1, 0.15) is 24.4 Å². The molecule has 0 aromatic rings. The molecule has 7 heteroatoms. The molecule has 0 spiro atoms. The third-order valence-corrected chi connectivity index (χ3v) is 6.01. The van der Waals surface area contributed by atoms with E-state index in [2.05, 4.69) is 13.8 Å². The van der Waals surface area contributed by atoms with E-state index in [1.54, 1.807) is 0 Å². The molecular weight excluding hydrogens is 400 g/mol. The van der Waals surface area contributed by atoms with Crippen molar-refractivity contribution >= 4 is 5.97 Å². The SMILES string of the molecule is CC(C)CCCCCCCCCCCCCCC(=O)OC1O[C@H](CO)[C@@H](O)[C@H](O)[C@H]1O. The van der Waals surface area contributed by atoms with Gasteiger partial charge < -0.3 is 29.9 Å². The number of rotatable bonds is 17. The van der Waals surface area contributed by atoms with Crippen LogP contribution in [-0.2, 0) is 14.3 Å². The third kappa shape index (κ3) is 12.2. The van der Waals surface area contributed by atoms with Gasteiger partial charge in [-0.3, -0.25) is 4.79 Å². The van der Waals surface area contributed by atoms with E-state index in [1.807, 2.05) is 0 Å². The standard InChI is InChI=1S/C24H46O7/c1-18(2)15-13-11-9-7-5-3-4-6-8-10-12-14-16-20(26)31-24-23(29)22(28)21(27)19(17-25)30-24/h18-19,21-25,27-29H,3-17H2,1-2H3/t19-,21-,22+,23-,24?/m1/s1. The average molecular weight is 447 g/mol. The number of unbranched alkanes of at least 4 members (excludes halogenated alkanes) is 11. The van der Waals surface area contributed by atoms with Gasteiger partial charge in [-0.05, 0) is 12.3 Å². The zero-order chi connectivity index (χ0) is 23.1. The fourth-order valence-corrected chi connectivity index (χ4v) is 3.94. The molecule has 0 bridgehead atoms. The van der Waals surface area contributed by atoms with Crippen LogP contribution in [0, 0.1) is 5.92 Å². The van der Waals surface area contributed by atoms with Gasteiger partial charge in [0.15, 0.2) is 0 Å². The largest absolute Gasteiger partial charge is 0.433 e. The van der Waals surface area contributed by atoms with Crippen LogP contribution in [0.5, 0.6) is 0 Å². The Kier molecular flexibility index (Phi) is 15.4. The summed E-state index contributed by atoms with van der Waals surface area (Å²) in [5.41, 5.74) is 0. The second kappa shape index (κ2) is 16.8. The van der Waals surface area contributed by atoms with Crippen molar-refractivity contribution in [2.45, 2.75) is 134 Å². The first-order chi connectivity index (χ1) is 14.9. The zero-order valence-corrected chi connectivity index (χ0v) is 19.6. The van der Waals surface area contributed by atoms with E-state index in [4.69, 9.17) is 14.6 Å². The van der Waals surface area contributed by atoms with Crippen molar-refractivity contribution in [1.29, 1.82) is 0 Å². The normalized spacial score (nSPS) is 26.4. The predicted molar refractivity (Wildman–Crippen MR) is 119 cm³/mol. The number of esters is 1. The summed E-state index contributed by atoms with van der Waals surface area (Å²) in [6.07, 6.45) is 9.14. The van der Waals surface area contributed by atoms with Gasteiger partial charge >= 0.3 is 5.97 Å². The maximum absolute atomic E-state index is 12.0. The van der Waals surface area contributed by atoms with E-state index in [0.29, 0.717) is 6.42 Å². The number of aliphatic hydroxyl groups excluding tert-OH is 4. The molecule has 184 valence electrons. The van der Waals surface area contributed by atoms with Crippen LogP contribution < -0.4 is 0 Å². The van der Waals surface area contributed by atoms with Crippen LogP contribution in [0.1, 0.15) is 104 Å². The van der Waals surface area contributed by atoms with Gasteiger partial charge in [0.25, 0.3) is 0 Å². The first-order valence-electron chi connectivity index (χ1n) is 12.4. The van der Waals surface area contributed by atoms with Crippen LogP contribution >= 0.6 is 0 Å². The van der Waals surface area contributed by atoms with Crippen molar-refractivity contribution in [3.05, 3.63) is 0 Å². The summed E-state index contributed by atoms with van der Waals surface area (Å²) in [6.45, 7) is 4.03. The molecule has 31 heavy (non-hydrogen) atoms. The average Bonchev–Trinajstić information content (AvgIpc) is 2.74. The number of hydrogen-bond acceptors (Lipinski definition) is 7. The number of ether oxygens (including phenoxy) is 2. The molecule has 1 fully saturated rings. The van der Waals surface area contributed by atoms with E-state index in [0.717, 1.165) is 18.8 Å². The first-order valence-corrected chi connectivity index (χ1v) is 12.4. The number of carbonyl (C=O) groups excluding carboxylic acids is 1. The van der Waals surface area contributed by atoms with Gasteiger partial charge in [0.05, 0.1) is 6.61 Å². The molecule has 1 rings (SSSR count). The predicted octanol–water partition coefficient (Wildman–Crippen LogP) is 3.45. The summed E-state index contributed by atoms with van der Waals surface area (Å²) >= 11 is 0. The molecular formula is C24H46O7. The highest BCUT2D eigenvalue weighted by Crippen LogP contribution is 2.22. The summed E-state index contributed by atoms with van der Waals surface area (Å²) < 4.78 is 10.3. The van der Waals surface area contributed by atoms with Crippen molar-refractivity contribution in [3.63, 3.8) is 0 Å². The monoisotopic (exact) mass is 446 g/mol. The van der Waals surface area contributed by atoms with Crippen molar-refractivity contribution < 1.29 is 34.7 Å². The Balaban J connectivity index is 1.96. The number of aliphatic hydroxyl groups is 4. The van der Waals surface area contributed by atoms with Crippen LogP contribution in [0.3, 0.4) is 0 Å². The molecule has 7 nitrogen and oxygen atoms in total. The molecule has 1 saturated heterocycles. The smallest absolute Gasteiger partial charge is 0.308 e. The van der Waals surface area contributed by atoms with Crippen LogP contribution in [0.4, 0.5) is 0 Å². The van der Waals surface area contributed by atoms with Gasteiger partial charge in [-0.2, -0.15) is 0 Å². The van der Waals surface area contributed by atoms with Crippen LogP contribution in [0.25, 0.3) is 0 Å². The van der Waals surface area contributed by atoms with Gasteiger partial charge in [-0.15, -0.1) is 0 Å². The summed E-state index contributed by atoms with van der Waals surface area (Å²) in [4.78, 5) is 12.0.